The van der Waals surface area contributed by atoms with Crippen molar-refractivity contribution in [2.75, 3.05) is 20.6 Å². The molecule has 6 nitrogen and oxygen atoms in total. The minimum atomic E-state index is -3.48. The van der Waals surface area contributed by atoms with Crippen molar-refractivity contribution >= 4 is 10.0 Å². The minimum absolute atomic E-state index is 0.147. The van der Waals surface area contributed by atoms with Gasteiger partial charge in [0.1, 0.15) is 0 Å². The van der Waals surface area contributed by atoms with Crippen LogP contribution in [0.4, 0.5) is 0 Å². The highest BCUT2D eigenvalue weighted by Gasteiger charge is 2.20. The molecule has 1 heterocycles. The van der Waals surface area contributed by atoms with Crippen molar-refractivity contribution < 1.29 is 8.42 Å². The highest BCUT2D eigenvalue weighted by Crippen LogP contribution is 2.14. The Morgan fingerprint density at radius 2 is 2.11 bits per heavy atom. The molecule has 0 aliphatic rings. The van der Waals surface area contributed by atoms with Crippen molar-refractivity contribution in [3.05, 3.63) is 18.0 Å². The van der Waals surface area contributed by atoms with Crippen LogP contribution >= 0.6 is 0 Å². The molecule has 7 heteroatoms. The van der Waals surface area contributed by atoms with Gasteiger partial charge in [-0.3, -0.25) is 0 Å². The topological polar surface area (TPSA) is 80.4 Å². The number of nitrogens with one attached hydrogen (secondary N) is 1. The number of aryl methyl sites for hydroxylation is 1. The highest BCUT2D eigenvalue weighted by molar-refractivity contribution is 7.89. The maximum absolute atomic E-state index is 12.2. The molecular formula is C12H24N4O2S. The molecule has 1 unspecified atom stereocenters. The predicted octanol–water partition coefficient (Wildman–Crippen LogP) is 0.195. The first-order chi connectivity index (χ1) is 8.80. The summed E-state index contributed by atoms with van der Waals surface area (Å²) in [5.41, 5.74) is 6.43. The van der Waals surface area contributed by atoms with Gasteiger partial charge >= 0.3 is 0 Å². The molecule has 1 atom stereocenters. The maximum Gasteiger partial charge on any atom is 0.242 e. The zero-order valence-corrected chi connectivity index (χ0v) is 12.9. The molecule has 3 N–H and O–H groups in total. The normalized spacial score (nSPS) is 14.0. The Hall–Kier alpha value is -0.890. The number of likely N-dealkylation sites (N-methyl/N-ethyl adjacent to an activating group) is 1. The molecule has 0 saturated carbocycles. The summed E-state index contributed by atoms with van der Waals surface area (Å²) in [5, 5.41) is 0. The van der Waals surface area contributed by atoms with Gasteiger partial charge in [0.25, 0.3) is 0 Å². The van der Waals surface area contributed by atoms with Gasteiger partial charge in [0.2, 0.25) is 10.0 Å². The molecule has 19 heavy (non-hydrogen) atoms. The van der Waals surface area contributed by atoms with Crippen molar-refractivity contribution in [3.63, 3.8) is 0 Å². The summed E-state index contributed by atoms with van der Waals surface area (Å²) in [6.07, 6.45) is 1.63. The first kappa shape index (κ1) is 16.2. The van der Waals surface area contributed by atoms with Crippen molar-refractivity contribution in [1.29, 1.82) is 0 Å². The van der Waals surface area contributed by atoms with Crippen LogP contribution in [-0.4, -0.2) is 44.6 Å². The van der Waals surface area contributed by atoms with E-state index in [9.17, 15) is 8.42 Å². The van der Waals surface area contributed by atoms with Gasteiger partial charge in [-0.1, -0.05) is 0 Å². The second-order valence-corrected chi connectivity index (χ2v) is 6.66. The Labute approximate surface area is 115 Å². The maximum atomic E-state index is 12.2. The molecule has 0 amide bonds. The van der Waals surface area contributed by atoms with Crippen LogP contribution < -0.4 is 10.5 Å². The molecule has 0 aliphatic carbocycles. The molecule has 0 aliphatic heterocycles. The van der Waals surface area contributed by atoms with Crippen LogP contribution in [0.25, 0.3) is 0 Å². The molecule has 0 bridgehead atoms. The molecule has 110 valence electrons. The van der Waals surface area contributed by atoms with Crippen LogP contribution in [0, 0.1) is 0 Å². The van der Waals surface area contributed by atoms with Crippen molar-refractivity contribution in [3.8, 4) is 0 Å². The van der Waals surface area contributed by atoms with E-state index in [1.807, 2.05) is 37.4 Å². The van der Waals surface area contributed by atoms with E-state index in [2.05, 4.69) is 4.72 Å². The van der Waals surface area contributed by atoms with Crippen molar-refractivity contribution in [1.82, 2.24) is 14.2 Å². The first-order valence-electron chi connectivity index (χ1n) is 6.36. The predicted molar refractivity (Wildman–Crippen MR) is 76.3 cm³/mol. The third-order valence-electron chi connectivity index (χ3n) is 2.82. The fourth-order valence-corrected chi connectivity index (χ4v) is 3.35. The Bertz CT molecular complexity index is 486. The van der Waals surface area contributed by atoms with Crippen LogP contribution in [0.3, 0.4) is 0 Å². The molecule has 0 spiro atoms. The van der Waals surface area contributed by atoms with E-state index in [0.717, 1.165) is 5.69 Å². The van der Waals surface area contributed by atoms with Crippen LogP contribution in [0.5, 0.6) is 0 Å². The van der Waals surface area contributed by atoms with Gasteiger partial charge in [-0.2, -0.15) is 0 Å². The molecular weight excluding hydrogens is 264 g/mol. The van der Waals surface area contributed by atoms with Gasteiger partial charge in [0.05, 0.1) is 4.90 Å². The summed E-state index contributed by atoms with van der Waals surface area (Å²) in [7, 11) is 0.335. The zero-order valence-electron chi connectivity index (χ0n) is 12.0. The van der Waals surface area contributed by atoms with Gasteiger partial charge in [-0.05, 0) is 34.0 Å². The van der Waals surface area contributed by atoms with E-state index in [1.54, 1.807) is 12.3 Å². The summed E-state index contributed by atoms with van der Waals surface area (Å²) in [6.45, 7) is 5.49. The molecule has 0 saturated heterocycles. The SMILES string of the molecule is CCn1cc(S(=O)(=O)NC(C)CN(C)C)cc1CN. The summed E-state index contributed by atoms with van der Waals surface area (Å²) in [6, 6.07) is 1.49. The zero-order chi connectivity index (χ0) is 14.6. The average molecular weight is 288 g/mol. The third-order valence-corrected chi connectivity index (χ3v) is 4.37. The fraction of sp³-hybridized carbons (Fsp3) is 0.667. The van der Waals surface area contributed by atoms with Gasteiger partial charge in [-0.15, -0.1) is 0 Å². The number of nitrogens with zero attached hydrogens (tertiary/aromatic N) is 2. The number of hydrogen-bond acceptors (Lipinski definition) is 4. The second kappa shape index (κ2) is 6.51. The van der Waals surface area contributed by atoms with E-state index in [4.69, 9.17) is 5.73 Å². The molecule has 0 radical (unpaired) electrons. The van der Waals surface area contributed by atoms with Gasteiger partial charge in [0.15, 0.2) is 0 Å². The highest BCUT2D eigenvalue weighted by atomic mass is 32.2. The smallest absolute Gasteiger partial charge is 0.242 e. The Morgan fingerprint density at radius 1 is 1.47 bits per heavy atom. The lowest BCUT2D eigenvalue weighted by Crippen LogP contribution is -2.39. The van der Waals surface area contributed by atoms with E-state index in [-0.39, 0.29) is 10.9 Å². The summed E-state index contributed by atoms with van der Waals surface area (Å²) in [5.74, 6) is 0. The molecule has 1 aromatic rings. The van der Waals surface area contributed by atoms with Gasteiger partial charge < -0.3 is 15.2 Å². The van der Waals surface area contributed by atoms with Crippen LogP contribution in [0.1, 0.15) is 19.5 Å². The van der Waals surface area contributed by atoms with E-state index < -0.39 is 10.0 Å². The summed E-state index contributed by atoms with van der Waals surface area (Å²) < 4.78 is 29.0. The lowest BCUT2D eigenvalue weighted by atomic mass is 10.3. The number of nitrogens with two attached hydrogens (primary N) is 1. The Kier molecular flexibility index (Phi) is 5.54. The second-order valence-electron chi connectivity index (χ2n) is 4.94. The summed E-state index contributed by atoms with van der Waals surface area (Å²) in [4.78, 5) is 2.22. The van der Waals surface area contributed by atoms with Crippen LogP contribution in [0.15, 0.2) is 17.2 Å². The van der Waals surface area contributed by atoms with Gasteiger partial charge in [0, 0.05) is 37.6 Å². The molecule has 1 rings (SSSR count). The fourth-order valence-electron chi connectivity index (χ4n) is 2.06. The number of aromatic nitrogens is 1. The Balaban J connectivity index is 2.91. The number of hydrogen-bond donors (Lipinski definition) is 2. The summed E-state index contributed by atoms with van der Waals surface area (Å²) >= 11 is 0. The average Bonchev–Trinajstić information content (AvgIpc) is 2.70. The molecule has 0 aromatic carbocycles. The third kappa shape index (κ3) is 4.31. The number of sulfonamides is 1. The standard InChI is InChI=1S/C12H24N4O2S/c1-5-16-9-12(6-11(16)7-13)19(17,18)14-10(2)8-15(3)4/h6,9-10,14H,5,7-8,13H2,1-4H3. The van der Waals surface area contributed by atoms with E-state index in [1.165, 1.54) is 0 Å². The molecule has 0 fully saturated rings. The lowest BCUT2D eigenvalue weighted by molar-refractivity contribution is 0.370. The van der Waals surface area contributed by atoms with Crippen LogP contribution in [-0.2, 0) is 23.1 Å². The van der Waals surface area contributed by atoms with E-state index in [0.29, 0.717) is 19.6 Å². The minimum Gasteiger partial charge on any atom is -0.349 e. The largest absolute Gasteiger partial charge is 0.349 e. The van der Waals surface area contributed by atoms with E-state index >= 15 is 0 Å². The monoisotopic (exact) mass is 288 g/mol. The Morgan fingerprint density at radius 3 is 2.53 bits per heavy atom. The lowest BCUT2D eigenvalue weighted by Gasteiger charge is -2.17. The van der Waals surface area contributed by atoms with Crippen molar-refractivity contribution in [2.24, 2.45) is 5.73 Å². The van der Waals surface area contributed by atoms with Gasteiger partial charge in [-0.25, -0.2) is 13.1 Å². The van der Waals surface area contributed by atoms with Crippen molar-refractivity contribution in [2.45, 2.75) is 37.9 Å². The molecule has 1 aromatic heterocycles. The quantitative estimate of drug-likeness (QED) is 0.751. The first-order valence-corrected chi connectivity index (χ1v) is 7.84. The number of rotatable bonds is 7. The van der Waals surface area contributed by atoms with Crippen LogP contribution in [0.2, 0.25) is 0 Å².